The van der Waals surface area contributed by atoms with Gasteiger partial charge in [-0.3, -0.25) is 0 Å². The summed E-state index contributed by atoms with van der Waals surface area (Å²) >= 11 is 0. The zero-order valence-electron chi connectivity index (χ0n) is 11.9. The Morgan fingerprint density at radius 2 is 1.09 bits per heavy atom. The van der Waals surface area contributed by atoms with Crippen molar-refractivity contribution in [3.63, 3.8) is 0 Å². The summed E-state index contributed by atoms with van der Waals surface area (Å²) in [5, 5.41) is 0. The monoisotopic (exact) mass is 332 g/mol. The molecule has 0 aliphatic rings. The van der Waals surface area contributed by atoms with Crippen LogP contribution in [0, 0.1) is 10.2 Å². The van der Waals surface area contributed by atoms with Crippen LogP contribution in [0.5, 0.6) is 0 Å². The molecule has 0 saturated carbocycles. The van der Waals surface area contributed by atoms with Crippen LogP contribution in [-0.2, 0) is 0 Å². The van der Waals surface area contributed by atoms with Crippen LogP contribution in [0.4, 0.5) is 0 Å². The standard InChI is InChI=1S/C17H13O.ClHO4/c1-3-7-14(8-4-1)16-11-12-18-17(13-16)15-9-5-2-6-10-15;2-1(3,4)5/h1-13H;(H,2,3,4,5)/q+1;/p-1. The van der Waals surface area contributed by atoms with Gasteiger partial charge in [-0.2, -0.15) is 0 Å². The minimum Gasteiger partial charge on any atom is -0.222 e. The van der Waals surface area contributed by atoms with Gasteiger partial charge in [0.05, 0.1) is 11.6 Å². The first-order valence-electron chi connectivity index (χ1n) is 6.58. The van der Waals surface area contributed by atoms with Gasteiger partial charge in [0, 0.05) is 6.07 Å². The minimum absolute atomic E-state index is 0.886. The molecule has 0 unspecified atom stereocenters. The van der Waals surface area contributed by atoms with Crippen LogP contribution in [0.3, 0.4) is 0 Å². The van der Waals surface area contributed by atoms with E-state index in [0.29, 0.717) is 0 Å². The zero-order chi connectivity index (χ0) is 16.7. The van der Waals surface area contributed by atoms with Crippen LogP contribution >= 0.6 is 0 Å². The van der Waals surface area contributed by atoms with E-state index in [0.717, 1.165) is 11.3 Å². The molecule has 118 valence electrons. The van der Waals surface area contributed by atoms with Gasteiger partial charge in [0.25, 0.3) is 0 Å². The third kappa shape index (κ3) is 6.15. The summed E-state index contributed by atoms with van der Waals surface area (Å²) < 4.78 is 39.5. The fourth-order valence-corrected chi connectivity index (χ4v) is 1.97. The maximum absolute atomic E-state index is 8.49. The molecule has 0 aliphatic carbocycles. The molecule has 0 spiro atoms. The third-order valence-corrected chi connectivity index (χ3v) is 2.89. The molecule has 0 amide bonds. The molecule has 0 atom stereocenters. The average Bonchev–Trinajstić information content (AvgIpc) is 2.55. The molecule has 0 radical (unpaired) electrons. The molecule has 0 aliphatic heterocycles. The Bertz CT molecular complexity index is 666. The predicted molar refractivity (Wildman–Crippen MR) is 74.0 cm³/mol. The van der Waals surface area contributed by atoms with Crippen molar-refractivity contribution < 1.29 is 33.3 Å². The highest BCUT2D eigenvalue weighted by atomic mass is 35.7. The molecule has 6 heteroatoms. The summed E-state index contributed by atoms with van der Waals surface area (Å²) in [7, 11) is -4.94. The van der Waals surface area contributed by atoms with E-state index in [1.165, 1.54) is 11.1 Å². The number of hydrogen-bond donors (Lipinski definition) is 0. The van der Waals surface area contributed by atoms with Crippen molar-refractivity contribution in [3.8, 4) is 22.5 Å². The second-order valence-corrected chi connectivity index (χ2v) is 5.25. The summed E-state index contributed by atoms with van der Waals surface area (Å²) in [6.07, 6.45) is 1.74. The zero-order valence-corrected chi connectivity index (χ0v) is 12.7. The second-order valence-electron chi connectivity index (χ2n) is 4.49. The smallest absolute Gasteiger partial charge is 0.222 e. The van der Waals surface area contributed by atoms with E-state index in [-0.39, 0.29) is 0 Å². The molecule has 3 aromatic rings. The molecule has 0 bridgehead atoms. The van der Waals surface area contributed by atoms with Gasteiger partial charge in [0.1, 0.15) is 0 Å². The molecule has 0 saturated heterocycles. The number of halogens is 1. The summed E-state index contributed by atoms with van der Waals surface area (Å²) in [6.45, 7) is 0. The highest BCUT2D eigenvalue weighted by Gasteiger charge is 2.11. The fourth-order valence-electron chi connectivity index (χ4n) is 1.97. The Morgan fingerprint density at radius 1 is 0.609 bits per heavy atom. The van der Waals surface area contributed by atoms with Crippen LogP contribution in [-0.4, -0.2) is 0 Å². The molecule has 23 heavy (non-hydrogen) atoms. The maximum Gasteiger partial charge on any atom is 0.360 e. The van der Waals surface area contributed by atoms with Gasteiger partial charge < -0.3 is 0 Å². The minimum atomic E-state index is -4.94. The molecule has 1 aromatic heterocycles. The summed E-state index contributed by atoms with van der Waals surface area (Å²) in [5.41, 5.74) is 3.46. The lowest BCUT2D eigenvalue weighted by Gasteiger charge is -2.17. The van der Waals surface area contributed by atoms with E-state index >= 15 is 0 Å². The Labute approximate surface area is 135 Å². The summed E-state index contributed by atoms with van der Waals surface area (Å²) in [6, 6.07) is 24.5. The van der Waals surface area contributed by atoms with Crippen LogP contribution < -0.4 is 18.6 Å². The Hall–Kier alpha value is -2.28. The Balaban J connectivity index is 0.000000338. The van der Waals surface area contributed by atoms with Crippen LogP contribution in [0.2, 0.25) is 0 Å². The molecular formula is C17H13ClO5. The summed E-state index contributed by atoms with van der Waals surface area (Å²) in [5.74, 6) is 0.886. The fraction of sp³-hybridized carbons (Fsp3) is 0. The molecule has 2 aromatic carbocycles. The van der Waals surface area contributed by atoms with Gasteiger partial charge in [0.2, 0.25) is 0 Å². The van der Waals surface area contributed by atoms with Gasteiger partial charge in [-0.1, -0.05) is 48.5 Å². The normalized spacial score (nSPS) is 10.6. The second kappa shape index (κ2) is 7.82. The molecule has 0 N–H and O–H groups in total. The van der Waals surface area contributed by atoms with Crippen molar-refractivity contribution in [2.45, 2.75) is 0 Å². The first-order chi connectivity index (χ1) is 10.9. The largest absolute Gasteiger partial charge is 0.360 e. The number of rotatable bonds is 2. The van der Waals surface area contributed by atoms with Crippen LogP contribution in [0.15, 0.2) is 83.5 Å². The summed E-state index contributed by atoms with van der Waals surface area (Å²) in [4.78, 5) is 0. The van der Waals surface area contributed by atoms with Crippen LogP contribution in [0.25, 0.3) is 22.5 Å². The average molecular weight is 333 g/mol. The first-order valence-corrected chi connectivity index (χ1v) is 7.81. The topological polar surface area (TPSA) is 104 Å². The Kier molecular flexibility index (Phi) is 5.81. The third-order valence-electron chi connectivity index (χ3n) is 2.89. The SMILES string of the molecule is [O-][Cl+3]([O-])([O-])[O-].c1ccc(-c2cc[o+]c(-c3ccccc3)c2)cc1. The van der Waals surface area contributed by atoms with E-state index in [2.05, 4.69) is 18.2 Å². The van der Waals surface area contributed by atoms with Crippen LogP contribution in [0.1, 0.15) is 0 Å². The van der Waals surface area contributed by atoms with Gasteiger partial charge in [-0.15, -0.1) is 10.2 Å². The molecule has 0 fully saturated rings. The van der Waals surface area contributed by atoms with Gasteiger partial charge in [0.15, 0.2) is 0 Å². The maximum atomic E-state index is 8.49. The highest BCUT2D eigenvalue weighted by Crippen LogP contribution is 2.25. The first kappa shape index (κ1) is 17.1. The number of hydrogen-bond acceptors (Lipinski definition) is 4. The van der Waals surface area contributed by atoms with E-state index in [1.807, 2.05) is 54.6 Å². The number of benzene rings is 2. The van der Waals surface area contributed by atoms with Gasteiger partial charge in [-0.25, -0.2) is 23.1 Å². The lowest BCUT2D eigenvalue weighted by molar-refractivity contribution is -2.00. The van der Waals surface area contributed by atoms with Crippen molar-refractivity contribution >= 4 is 0 Å². The predicted octanol–water partition coefficient (Wildman–Crippen LogP) is 0.139. The highest BCUT2D eigenvalue weighted by molar-refractivity contribution is 5.68. The van der Waals surface area contributed by atoms with Gasteiger partial charge in [-0.05, 0) is 23.3 Å². The Morgan fingerprint density at radius 3 is 1.61 bits per heavy atom. The van der Waals surface area contributed by atoms with E-state index in [9.17, 15) is 0 Å². The lowest BCUT2D eigenvalue weighted by Crippen LogP contribution is -2.68. The quantitative estimate of drug-likeness (QED) is 0.621. The van der Waals surface area contributed by atoms with Crippen molar-refractivity contribution in [2.24, 2.45) is 0 Å². The van der Waals surface area contributed by atoms with E-state index in [4.69, 9.17) is 23.1 Å². The van der Waals surface area contributed by atoms with Crippen molar-refractivity contribution in [2.75, 3.05) is 0 Å². The van der Waals surface area contributed by atoms with Crippen molar-refractivity contribution in [1.29, 1.82) is 0 Å². The molecular weight excluding hydrogens is 320 g/mol. The van der Waals surface area contributed by atoms with Gasteiger partial charge >= 0.3 is 12.0 Å². The van der Waals surface area contributed by atoms with Crippen molar-refractivity contribution in [1.82, 2.24) is 0 Å². The van der Waals surface area contributed by atoms with E-state index in [1.54, 1.807) is 6.26 Å². The molecule has 3 rings (SSSR count). The molecule has 1 heterocycles. The van der Waals surface area contributed by atoms with E-state index < -0.39 is 10.2 Å². The lowest BCUT2D eigenvalue weighted by atomic mass is 10.0. The van der Waals surface area contributed by atoms with Crippen molar-refractivity contribution in [3.05, 3.63) is 79.1 Å². The molecule has 5 nitrogen and oxygen atoms in total.